The molecule has 112 valence electrons. The van der Waals surface area contributed by atoms with Gasteiger partial charge in [0.05, 0.1) is 10.0 Å². The van der Waals surface area contributed by atoms with Crippen LogP contribution in [0.1, 0.15) is 26.7 Å². The van der Waals surface area contributed by atoms with E-state index in [4.69, 9.17) is 34.1 Å². The van der Waals surface area contributed by atoms with E-state index in [1.165, 1.54) is 12.1 Å². The summed E-state index contributed by atoms with van der Waals surface area (Å²) in [5.74, 6) is -0.419. The fourth-order valence-corrected chi connectivity index (χ4v) is 2.17. The van der Waals surface area contributed by atoms with Crippen molar-refractivity contribution in [2.24, 2.45) is 16.3 Å². The Balaban J connectivity index is 2.50. The summed E-state index contributed by atoms with van der Waals surface area (Å²) in [7, 11) is 0. The van der Waals surface area contributed by atoms with Gasteiger partial charge >= 0.3 is 0 Å². The summed E-state index contributed by atoms with van der Waals surface area (Å²) in [6.07, 6.45) is 1.52. The summed E-state index contributed by atoms with van der Waals surface area (Å²) >= 11 is 11.4. The van der Waals surface area contributed by atoms with Gasteiger partial charge in [0.2, 0.25) is 0 Å². The number of nitrogens with two attached hydrogens (primary N) is 1. The van der Waals surface area contributed by atoms with Crippen LogP contribution in [0, 0.1) is 11.2 Å². The largest absolute Gasteiger partial charge is 0.409 e. The number of nitrogens with zero attached hydrogens (tertiary/aromatic N) is 1. The van der Waals surface area contributed by atoms with Crippen LogP contribution in [0.25, 0.3) is 0 Å². The molecule has 1 rings (SSSR count). The summed E-state index contributed by atoms with van der Waals surface area (Å²) in [5.41, 5.74) is 5.88. The smallest absolute Gasteiger partial charge is 0.160 e. The SMILES string of the molecule is CC(C)(CCCNc1cc(Cl)c(F)c(Cl)c1)/C(N)=N/O. The lowest BCUT2D eigenvalue weighted by Crippen LogP contribution is -2.32. The van der Waals surface area contributed by atoms with E-state index in [-0.39, 0.29) is 21.3 Å². The average molecular weight is 322 g/mol. The zero-order valence-corrected chi connectivity index (χ0v) is 12.9. The first kappa shape index (κ1) is 16.9. The molecule has 0 radical (unpaired) electrons. The van der Waals surface area contributed by atoms with Crippen molar-refractivity contribution in [3.8, 4) is 0 Å². The monoisotopic (exact) mass is 321 g/mol. The number of halogens is 3. The molecule has 0 heterocycles. The van der Waals surface area contributed by atoms with E-state index in [2.05, 4.69) is 10.5 Å². The number of anilines is 1. The Morgan fingerprint density at radius 3 is 2.45 bits per heavy atom. The number of hydrogen-bond donors (Lipinski definition) is 3. The summed E-state index contributed by atoms with van der Waals surface area (Å²) in [6.45, 7) is 4.43. The van der Waals surface area contributed by atoms with E-state index in [9.17, 15) is 4.39 Å². The maximum atomic E-state index is 13.2. The first-order valence-electron chi connectivity index (χ1n) is 6.14. The van der Waals surface area contributed by atoms with Gasteiger partial charge in [0.1, 0.15) is 5.84 Å². The van der Waals surface area contributed by atoms with Gasteiger partial charge < -0.3 is 16.3 Å². The maximum absolute atomic E-state index is 13.2. The van der Waals surface area contributed by atoms with E-state index in [1.807, 2.05) is 13.8 Å². The highest BCUT2D eigenvalue weighted by Gasteiger charge is 2.22. The van der Waals surface area contributed by atoms with E-state index in [0.717, 1.165) is 12.8 Å². The summed E-state index contributed by atoms with van der Waals surface area (Å²) < 4.78 is 13.2. The zero-order valence-electron chi connectivity index (χ0n) is 11.4. The van der Waals surface area contributed by atoms with Crippen molar-refractivity contribution in [2.75, 3.05) is 11.9 Å². The third-order valence-electron chi connectivity index (χ3n) is 3.09. The van der Waals surface area contributed by atoms with E-state index < -0.39 is 5.82 Å². The summed E-state index contributed by atoms with van der Waals surface area (Å²) in [4.78, 5) is 0. The molecule has 1 aromatic carbocycles. The summed E-state index contributed by atoms with van der Waals surface area (Å²) in [5, 5.41) is 14.8. The number of rotatable bonds is 6. The number of amidine groups is 1. The molecule has 0 unspecified atom stereocenters. The molecular formula is C13H18Cl2FN3O. The predicted molar refractivity (Wildman–Crippen MR) is 81.3 cm³/mol. The molecule has 4 N–H and O–H groups in total. The third-order valence-corrected chi connectivity index (χ3v) is 3.64. The number of nitrogens with one attached hydrogen (secondary N) is 1. The van der Waals surface area contributed by atoms with Gasteiger partial charge in [-0.25, -0.2) is 4.39 Å². The lowest BCUT2D eigenvalue weighted by atomic mass is 9.86. The van der Waals surface area contributed by atoms with Gasteiger partial charge in [0.25, 0.3) is 0 Å². The molecule has 4 nitrogen and oxygen atoms in total. The van der Waals surface area contributed by atoms with Gasteiger partial charge in [-0.2, -0.15) is 0 Å². The maximum Gasteiger partial charge on any atom is 0.160 e. The van der Waals surface area contributed by atoms with Gasteiger partial charge in [-0.05, 0) is 25.0 Å². The fourth-order valence-electron chi connectivity index (χ4n) is 1.68. The molecule has 20 heavy (non-hydrogen) atoms. The second kappa shape index (κ2) is 6.99. The molecule has 1 aromatic rings. The van der Waals surface area contributed by atoms with Crippen LogP contribution in [0.3, 0.4) is 0 Å². The predicted octanol–water partition coefficient (Wildman–Crippen LogP) is 4.10. The van der Waals surface area contributed by atoms with E-state index >= 15 is 0 Å². The second-order valence-electron chi connectivity index (χ2n) is 5.15. The lowest BCUT2D eigenvalue weighted by molar-refractivity contribution is 0.305. The van der Waals surface area contributed by atoms with E-state index in [1.54, 1.807) is 0 Å². The van der Waals surface area contributed by atoms with Crippen molar-refractivity contribution >= 4 is 34.7 Å². The molecule has 0 aliphatic carbocycles. The molecule has 0 saturated heterocycles. The molecular weight excluding hydrogens is 304 g/mol. The van der Waals surface area contributed by atoms with Crippen molar-refractivity contribution < 1.29 is 9.60 Å². The normalized spacial score (nSPS) is 12.6. The van der Waals surface area contributed by atoms with Crippen LogP contribution in [0.2, 0.25) is 10.0 Å². The van der Waals surface area contributed by atoms with Crippen molar-refractivity contribution in [3.05, 3.63) is 28.0 Å². The molecule has 0 bridgehead atoms. The minimum atomic E-state index is -0.619. The molecule has 0 saturated carbocycles. The topological polar surface area (TPSA) is 70.6 Å². The highest BCUT2D eigenvalue weighted by Crippen LogP contribution is 2.27. The molecule has 0 aromatic heterocycles. The highest BCUT2D eigenvalue weighted by atomic mass is 35.5. The molecule has 0 aliphatic rings. The Morgan fingerprint density at radius 2 is 1.95 bits per heavy atom. The standard InChI is InChI=1S/C13H18Cl2FN3O/c1-13(2,12(17)19-20)4-3-5-18-8-6-9(14)11(16)10(15)7-8/h6-7,18,20H,3-5H2,1-2H3,(H2,17,19). The van der Waals surface area contributed by atoms with Crippen LogP contribution in [0.4, 0.5) is 10.1 Å². The number of oxime groups is 1. The first-order chi connectivity index (χ1) is 9.27. The molecule has 0 spiro atoms. The van der Waals surface area contributed by atoms with Crippen LogP contribution >= 0.6 is 23.2 Å². The zero-order chi connectivity index (χ0) is 15.3. The lowest BCUT2D eigenvalue weighted by Gasteiger charge is -2.22. The van der Waals surface area contributed by atoms with Crippen molar-refractivity contribution in [2.45, 2.75) is 26.7 Å². The third kappa shape index (κ3) is 4.42. The molecule has 0 atom stereocenters. The minimum absolute atomic E-state index is 0.0167. The van der Waals surface area contributed by atoms with Crippen molar-refractivity contribution in [1.29, 1.82) is 0 Å². The Kier molecular flexibility index (Phi) is 5.89. The molecule has 0 fully saturated rings. The van der Waals surface area contributed by atoms with Crippen LogP contribution in [0.5, 0.6) is 0 Å². The average Bonchev–Trinajstić information content (AvgIpc) is 2.39. The Hall–Kier alpha value is -1.20. The highest BCUT2D eigenvalue weighted by molar-refractivity contribution is 6.35. The van der Waals surface area contributed by atoms with Crippen LogP contribution < -0.4 is 11.1 Å². The molecule has 0 aliphatic heterocycles. The minimum Gasteiger partial charge on any atom is -0.409 e. The number of hydrogen-bond acceptors (Lipinski definition) is 3. The van der Waals surface area contributed by atoms with Gasteiger partial charge in [0, 0.05) is 17.6 Å². The summed E-state index contributed by atoms with van der Waals surface area (Å²) in [6, 6.07) is 2.97. The van der Waals surface area contributed by atoms with Gasteiger partial charge in [0.15, 0.2) is 5.82 Å². The van der Waals surface area contributed by atoms with Gasteiger partial charge in [-0.15, -0.1) is 0 Å². The van der Waals surface area contributed by atoms with Crippen molar-refractivity contribution in [3.63, 3.8) is 0 Å². The first-order valence-corrected chi connectivity index (χ1v) is 6.90. The van der Waals surface area contributed by atoms with Crippen LogP contribution in [-0.2, 0) is 0 Å². The fraction of sp³-hybridized carbons (Fsp3) is 0.462. The number of benzene rings is 1. The van der Waals surface area contributed by atoms with Crippen LogP contribution in [-0.4, -0.2) is 17.6 Å². The van der Waals surface area contributed by atoms with E-state index in [0.29, 0.717) is 12.2 Å². The Bertz CT molecular complexity index is 483. The molecule has 7 heteroatoms. The Morgan fingerprint density at radius 1 is 1.40 bits per heavy atom. The second-order valence-corrected chi connectivity index (χ2v) is 5.97. The van der Waals surface area contributed by atoms with Gasteiger partial charge in [-0.3, -0.25) is 0 Å². The Labute approximate surface area is 127 Å². The van der Waals surface area contributed by atoms with Gasteiger partial charge in [-0.1, -0.05) is 42.2 Å². The molecule has 0 amide bonds. The van der Waals surface area contributed by atoms with Crippen molar-refractivity contribution in [1.82, 2.24) is 0 Å². The van der Waals surface area contributed by atoms with Crippen LogP contribution in [0.15, 0.2) is 17.3 Å². The quantitative estimate of drug-likeness (QED) is 0.184.